The van der Waals surface area contributed by atoms with Crippen LogP contribution in [0.5, 0.6) is 5.75 Å². The number of para-hydroxylation sites is 1. The van der Waals surface area contributed by atoms with E-state index in [2.05, 4.69) is 10.3 Å². The second kappa shape index (κ2) is 5.78. The van der Waals surface area contributed by atoms with Gasteiger partial charge >= 0.3 is 5.69 Å². The molecule has 3 rings (SSSR count). The first-order valence-electron chi connectivity index (χ1n) is 6.75. The molecule has 0 saturated heterocycles. The number of hydrogen-bond acceptors (Lipinski definition) is 4. The number of aromatic nitrogens is 2. The van der Waals surface area contributed by atoms with E-state index in [1.165, 1.54) is 17.0 Å². The summed E-state index contributed by atoms with van der Waals surface area (Å²) in [6.45, 7) is 0.384. The highest BCUT2D eigenvalue weighted by molar-refractivity contribution is 5.75. The molecule has 1 atom stereocenters. The smallest absolute Gasteiger partial charge is 0.347 e. The predicted molar refractivity (Wildman–Crippen MR) is 76.1 cm³/mol. The van der Waals surface area contributed by atoms with E-state index in [0.29, 0.717) is 6.54 Å². The number of carbonyl (C=O) groups excluding carboxylic acids is 1. The van der Waals surface area contributed by atoms with Crippen LogP contribution < -0.4 is 15.7 Å². The van der Waals surface area contributed by atoms with Crippen LogP contribution in [0.2, 0.25) is 0 Å². The van der Waals surface area contributed by atoms with Gasteiger partial charge in [-0.05, 0) is 17.7 Å². The third kappa shape index (κ3) is 3.10. The van der Waals surface area contributed by atoms with Gasteiger partial charge in [-0.15, -0.1) is 0 Å². The number of nitrogens with one attached hydrogen (secondary N) is 1. The van der Waals surface area contributed by atoms with Crippen molar-refractivity contribution in [2.24, 2.45) is 0 Å². The van der Waals surface area contributed by atoms with Gasteiger partial charge in [0.05, 0.1) is 6.54 Å². The average Bonchev–Trinajstić information content (AvgIpc) is 2.90. The van der Waals surface area contributed by atoms with Crippen molar-refractivity contribution in [2.75, 3.05) is 6.54 Å². The zero-order valence-corrected chi connectivity index (χ0v) is 11.4. The molecule has 108 valence electrons. The van der Waals surface area contributed by atoms with Crippen LogP contribution in [0.1, 0.15) is 5.56 Å². The molecule has 21 heavy (non-hydrogen) atoms. The summed E-state index contributed by atoms with van der Waals surface area (Å²) in [7, 11) is 0. The summed E-state index contributed by atoms with van der Waals surface area (Å²) in [5.41, 5.74) is 0.720. The average molecular weight is 285 g/mol. The summed E-state index contributed by atoms with van der Waals surface area (Å²) in [6.07, 6.45) is 3.66. The Morgan fingerprint density at radius 2 is 2.24 bits per heavy atom. The number of nitrogens with zero attached hydrogens (tertiary/aromatic N) is 2. The second-order valence-corrected chi connectivity index (χ2v) is 4.89. The standard InChI is InChI=1S/C15H15N3O3/c19-14(10-18-7-3-6-16-15(18)20)17-9-12-8-11-4-1-2-5-13(11)21-12/h1-7,12H,8-10H2,(H,17,19). The number of ether oxygens (including phenoxy) is 1. The van der Waals surface area contributed by atoms with Crippen molar-refractivity contribution in [3.63, 3.8) is 0 Å². The van der Waals surface area contributed by atoms with Gasteiger partial charge < -0.3 is 10.1 Å². The number of rotatable bonds is 4. The molecule has 1 aromatic heterocycles. The molecule has 1 aliphatic rings. The lowest BCUT2D eigenvalue weighted by Gasteiger charge is -2.12. The fourth-order valence-electron chi connectivity index (χ4n) is 2.31. The molecule has 0 saturated carbocycles. The molecule has 2 aromatic rings. The molecule has 0 radical (unpaired) electrons. The minimum absolute atomic E-state index is 0.0354. The van der Waals surface area contributed by atoms with Crippen LogP contribution in [0.15, 0.2) is 47.5 Å². The van der Waals surface area contributed by atoms with E-state index in [-0.39, 0.29) is 18.6 Å². The first-order chi connectivity index (χ1) is 10.2. The monoisotopic (exact) mass is 285 g/mol. The van der Waals surface area contributed by atoms with Crippen molar-refractivity contribution in [3.8, 4) is 5.75 Å². The van der Waals surface area contributed by atoms with E-state index in [9.17, 15) is 9.59 Å². The van der Waals surface area contributed by atoms with Gasteiger partial charge in [0.25, 0.3) is 0 Å². The van der Waals surface area contributed by atoms with Crippen molar-refractivity contribution in [2.45, 2.75) is 19.1 Å². The first-order valence-corrected chi connectivity index (χ1v) is 6.75. The molecule has 0 spiro atoms. The van der Waals surface area contributed by atoms with Crippen LogP contribution in [0.4, 0.5) is 0 Å². The molecule has 1 N–H and O–H groups in total. The van der Waals surface area contributed by atoms with Gasteiger partial charge in [0.2, 0.25) is 5.91 Å². The lowest BCUT2D eigenvalue weighted by molar-refractivity contribution is -0.122. The summed E-state index contributed by atoms with van der Waals surface area (Å²) in [5, 5.41) is 2.78. The maximum absolute atomic E-state index is 11.8. The summed E-state index contributed by atoms with van der Waals surface area (Å²) in [5.74, 6) is 0.643. The zero-order valence-electron chi connectivity index (χ0n) is 11.4. The molecule has 6 heteroatoms. The number of amides is 1. The first kappa shape index (κ1) is 13.4. The Kier molecular flexibility index (Phi) is 3.68. The van der Waals surface area contributed by atoms with E-state index in [4.69, 9.17) is 4.74 Å². The third-order valence-corrected chi connectivity index (χ3v) is 3.34. The highest BCUT2D eigenvalue weighted by atomic mass is 16.5. The quantitative estimate of drug-likeness (QED) is 0.880. The summed E-state index contributed by atoms with van der Waals surface area (Å²) >= 11 is 0. The number of carbonyl (C=O) groups is 1. The van der Waals surface area contributed by atoms with Crippen LogP contribution in [0.25, 0.3) is 0 Å². The zero-order chi connectivity index (χ0) is 14.7. The third-order valence-electron chi connectivity index (χ3n) is 3.34. The van der Waals surface area contributed by atoms with Crippen LogP contribution in [-0.4, -0.2) is 28.1 Å². The Bertz CT molecular complexity index is 686. The second-order valence-electron chi connectivity index (χ2n) is 4.89. The molecule has 1 aromatic carbocycles. The SMILES string of the molecule is O=C(Cn1cccnc1=O)NCC1Cc2ccccc2O1. The van der Waals surface area contributed by atoms with E-state index in [1.807, 2.05) is 24.3 Å². The highest BCUT2D eigenvalue weighted by Crippen LogP contribution is 2.27. The number of benzene rings is 1. The van der Waals surface area contributed by atoms with Gasteiger partial charge in [-0.3, -0.25) is 9.36 Å². The highest BCUT2D eigenvalue weighted by Gasteiger charge is 2.22. The van der Waals surface area contributed by atoms with Gasteiger partial charge in [-0.25, -0.2) is 9.78 Å². The van der Waals surface area contributed by atoms with Crippen LogP contribution in [0, 0.1) is 0 Å². The molecule has 1 amide bonds. The van der Waals surface area contributed by atoms with Gasteiger partial charge in [-0.1, -0.05) is 18.2 Å². The number of hydrogen-bond donors (Lipinski definition) is 1. The Balaban J connectivity index is 1.52. The Morgan fingerprint density at radius 3 is 3.05 bits per heavy atom. The number of fused-ring (bicyclic) bond motifs is 1. The van der Waals surface area contributed by atoms with Crippen molar-refractivity contribution in [1.29, 1.82) is 0 Å². The van der Waals surface area contributed by atoms with Crippen molar-refractivity contribution in [3.05, 3.63) is 58.8 Å². The van der Waals surface area contributed by atoms with Gasteiger partial charge in [0.1, 0.15) is 18.4 Å². The van der Waals surface area contributed by atoms with E-state index >= 15 is 0 Å². The van der Waals surface area contributed by atoms with E-state index in [0.717, 1.165) is 17.7 Å². The summed E-state index contributed by atoms with van der Waals surface area (Å²) in [4.78, 5) is 26.9. The molecule has 0 aliphatic carbocycles. The van der Waals surface area contributed by atoms with Gasteiger partial charge in [0, 0.05) is 18.8 Å². The van der Waals surface area contributed by atoms with Crippen LogP contribution >= 0.6 is 0 Å². The fourth-order valence-corrected chi connectivity index (χ4v) is 2.31. The van der Waals surface area contributed by atoms with Crippen LogP contribution in [-0.2, 0) is 17.8 Å². The molecular weight excluding hydrogens is 270 g/mol. The fraction of sp³-hybridized carbons (Fsp3) is 0.267. The molecule has 6 nitrogen and oxygen atoms in total. The minimum Gasteiger partial charge on any atom is -0.488 e. The molecule has 1 aliphatic heterocycles. The molecular formula is C15H15N3O3. The molecule has 2 heterocycles. The van der Waals surface area contributed by atoms with Crippen molar-refractivity contribution >= 4 is 5.91 Å². The Morgan fingerprint density at radius 1 is 1.38 bits per heavy atom. The summed E-state index contributed by atoms with van der Waals surface area (Å²) in [6, 6.07) is 9.46. The van der Waals surface area contributed by atoms with E-state index in [1.54, 1.807) is 6.07 Å². The normalized spacial score (nSPS) is 16.1. The topological polar surface area (TPSA) is 73.2 Å². The Labute approximate surface area is 121 Å². The largest absolute Gasteiger partial charge is 0.488 e. The molecule has 1 unspecified atom stereocenters. The lowest BCUT2D eigenvalue weighted by atomic mass is 10.1. The molecule has 0 bridgehead atoms. The Hall–Kier alpha value is -2.63. The van der Waals surface area contributed by atoms with Crippen LogP contribution in [0.3, 0.4) is 0 Å². The summed E-state index contributed by atoms with van der Waals surface area (Å²) < 4.78 is 7.00. The maximum Gasteiger partial charge on any atom is 0.347 e. The van der Waals surface area contributed by atoms with Crippen molar-refractivity contribution < 1.29 is 9.53 Å². The predicted octanol–water partition coefficient (Wildman–Crippen LogP) is 0.363. The van der Waals surface area contributed by atoms with E-state index < -0.39 is 5.69 Å². The van der Waals surface area contributed by atoms with Crippen molar-refractivity contribution in [1.82, 2.24) is 14.9 Å². The maximum atomic E-state index is 11.8. The van der Waals surface area contributed by atoms with Gasteiger partial charge in [0.15, 0.2) is 0 Å². The lowest BCUT2D eigenvalue weighted by Crippen LogP contribution is -2.38. The molecule has 0 fully saturated rings. The minimum atomic E-state index is -0.433. The van der Waals surface area contributed by atoms with Gasteiger partial charge in [-0.2, -0.15) is 0 Å².